The Morgan fingerprint density at radius 2 is 2.00 bits per heavy atom. The van der Waals surface area contributed by atoms with Crippen LogP contribution in [0.4, 0.5) is 10.1 Å². The van der Waals surface area contributed by atoms with E-state index in [4.69, 9.17) is 5.73 Å². The minimum atomic E-state index is -3.94. The van der Waals surface area contributed by atoms with Gasteiger partial charge in [0.2, 0.25) is 5.91 Å². The predicted molar refractivity (Wildman–Crippen MR) is 75.4 cm³/mol. The summed E-state index contributed by atoms with van der Waals surface area (Å²) in [6.45, 7) is 4.95. The molecule has 0 aliphatic heterocycles. The molecule has 1 aromatic rings. The van der Waals surface area contributed by atoms with Crippen LogP contribution in [0.2, 0.25) is 0 Å². The molecule has 0 bridgehead atoms. The van der Waals surface area contributed by atoms with Crippen LogP contribution in [0.5, 0.6) is 0 Å². The number of nitrogen functional groups attached to an aromatic ring is 1. The average molecular weight is 302 g/mol. The molecule has 0 aromatic heterocycles. The van der Waals surface area contributed by atoms with E-state index in [1.165, 1.54) is 6.92 Å². The smallest absolute Gasteiger partial charge is 0.238 e. The highest BCUT2D eigenvalue weighted by molar-refractivity contribution is 7.93. The first-order valence-electron chi connectivity index (χ1n) is 6.29. The van der Waals surface area contributed by atoms with E-state index >= 15 is 0 Å². The summed E-state index contributed by atoms with van der Waals surface area (Å²) in [6, 6.07) is 2.88. The van der Waals surface area contributed by atoms with Crippen molar-refractivity contribution in [2.24, 2.45) is 0 Å². The molecule has 0 saturated carbocycles. The van der Waals surface area contributed by atoms with Gasteiger partial charge in [-0.05, 0) is 38.5 Å². The third kappa shape index (κ3) is 3.47. The Balaban J connectivity index is 3.07. The third-order valence-electron chi connectivity index (χ3n) is 3.11. The molecule has 3 N–H and O–H groups in total. The van der Waals surface area contributed by atoms with Gasteiger partial charge < -0.3 is 11.1 Å². The molecule has 7 heteroatoms. The number of nitrogens with two attached hydrogens (primary N) is 1. The third-order valence-corrected chi connectivity index (χ3v) is 5.24. The molecule has 0 aliphatic rings. The van der Waals surface area contributed by atoms with Gasteiger partial charge in [-0.15, -0.1) is 0 Å². The van der Waals surface area contributed by atoms with Crippen molar-refractivity contribution < 1.29 is 17.6 Å². The second kappa shape index (κ2) is 6.21. The van der Waals surface area contributed by atoms with Crippen LogP contribution in [-0.2, 0) is 14.6 Å². The normalized spacial score (nSPS) is 14.6. The first-order valence-corrected chi connectivity index (χ1v) is 7.84. The molecule has 112 valence electrons. The van der Waals surface area contributed by atoms with Crippen LogP contribution in [0.1, 0.15) is 27.2 Å². The van der Waals surface area contributed by atoms with Crippen molar-refractivity contribution in [1.29, 1.82) is 0 Å². The van der Waals surface area contributed by atoms with Gasteiger partial charge in [-0.25, -0.2) is 12.8 Å². The first kappa shape index (κ1) is 16.4. The fraction of sp³-hybridized carbons (Fsp3) is 0.462. The molecule has 0 radical (unpaired) electrons. The fourth-order valence-electron chi connectivity index (χ4n) is 1.57. The Hall–Kier alpha value is -1.63. The van der Waals surface area contributed by atoms with E-state index in [2.05, 4.69) is 5.32 Å². The highest BCUT2D eigenvalue weighted by Crippen LogP contribution is 2.23. The summed E-state index contributed by atoms with van der Waals surface area (Å²) in [6.07, 6.45) is 0.692. The van der Waals surface area contributed by atoms with Crippen LogP contribution in [0.25, 0.3) is 0 Å². The van der Waals surface area contributed by atoms with Gasteiger partial charge in [-0.2, -0.15) is 0 Å². The van der Waals surface area contributed by atoms with Crippen LogP contribution in [0.15, 0.2) is 23.1 Å². The molecule has 0 spiro atoms. The van der Waals surface area contributed by atoms with Gasteiger partial charge in [0.25, 0.3) is 0 Å². The maximum Gasteiger partial charge on any atom is 0.238 e. The molecular formula is C13H19FN2O3S. The molecule has 2 unspecified atom stereocenters. The molecule has 2 atom stereocenters. The number of benzene rings is 1. The van der Waals surface area contributed by atoms with Crippen LogP contribution in [0.3, 0.4) is 0 Å². The summed E-state index contributed by atoms with van der Waals surface area (Å²) in [7, 11) is -3.94. The van der Waals surface area contributed by atoms with Gasteiger partial charge in [0.05, 0.1) is 10.6 Å². The molecule has 20 heavy (non-hydrogen) atoms. The number of nitrogens with one attached hydrogen (secondary N) is 1. The van der Waals surface area contributed by atoms with E-state index in [9.17, 15) is 17.6 Å². The molecule has 1 aromatic carbocycles. The number of amides is 1. The standard InChI is InChI=1S/C13H19FN2O3S/c1-4-8(2)16-13(17)9(3)20(18,19)12-6-5-10(14)7-11(12)15/h5-9H,4,15H2,1-3H3,(H,16,17). The second-order valence-electron chi connectivity index (χ2n) is 4.69. The van der Waals surface area contributed by atoms with Crippen molar-refractivity contribution in [3.63, 3.8) is 0 Å². The van der Waals surface area contributed by atoms with Crippen LogP contribution >= 0.6 is 0 Å². The Kier molecular flexibility index (Phi) is 5.10. The first-order chi connectivity index (χ1) is 9.20. The van der Waals surface area contributed by atoms with E-state index < -0.39 is 26.8 Å². The van der Waals surface area contributed by atoms with E-state index in [1.807, 2.05) is 6.92 Å². The number of hydrogen-bond acceptors (Lipinski definition) is 4. The van der Waals surface area contributed by atoms with Gasteiger partial charge in [-0.1, -0.05) is 6.92 Å². The van der Waals surface area contributed by atoms with Crippen molar-refractivity contribution in [3.8, 4) is 0 Å². The molecule has 1 amide bonds. The lowest BCUT2D eigenvalue weighted by atomic mass is 10.2. The maximum absolute atomic E-state index is 13.0. The topological polar surface area (TPSA) is 89.3 Å². The minimum Gasteiger partial charge on any atom is -0.398 e. The highest BCUT2D eigenvalue weighted by atomic mass is 32.2. The van der Waals surface area contributed by atoms with Crippen molar-refractivity contribution in [2.45, 2.75) is 43.4 Å². The average Bonchev–Trinajstić information content (AvgIpc) is 2.36. The van der Waals surface area contributed by atoms with Gasteiger partial charge >= 0.3 is 0 Å². The number of carbonyl (C=O) groups is 1. The quantitative estimate of drug-likeness (QED) is 0.637. The molecule has 0 heterocycles. The van der Waals surface area contributed by atoms with E-state index in [0.29, 0.717) is 6.42 Å². The summed E-state index contributed by atoms with van der Waals surface area (Å²) in [5.74, 6) is -1.22. The molecular weight excluding hydrogens is 283 g/mol. The zero-order valence-corrected chi connectivity index (χ0v) is 12.5. The number of rotatable bonds is 5. The summed E-state index contributed by atoms with van der Waals surface area (Å²) in [5, 5.41) is 1.32. The monoisotopic (exact) mass is 302 g/mol. The van der Waals surface area contributed by atoms with Crippen LogP contribution in [0, 0.1) is 5.82 Å². The number of hydrogen-bond donors (Lipinski definition) is 2. The highest BCUT2D eigenvalue weighted by Gasteiger charge is 2.31. The lowest BCUT2D eigenvalue weighted by Gasteiger charge is -2.17. The Morgan fingerprint density at radius 3 is 2.50 bits per heavy atom. The molecule has 0 saturated heterocycles. The van der Waals surface area contributed by atoms with Gasteiger partial charge in [-0.3, -0.25) is 4.79 Å². The Morgan fingerprint density at radius 1 is 1.40 bits per heavy atom. The van der Waals surface area contributed by atoms with Crippen molar-refractivity contribution in [3.05, 3.63) is 24.0 Å². The minimum absolute atomic E-state index is 0.120. The van der Waals surface area contributed by atoms with Gasteiger partial charge in [0.15, 0.2) is 9.84 Å². The summed E-state index contributed by atoms with van der Waals surface area (Å²) in [5.41, 5.74) is 5.32. The zero-order valence-electron chi connectivity index (χ0n) is 11.7. The molecule has 1 rings (SSSR count). The van der Waals surface area contributed by atoms with Crippen molar-refractivity contribution in [1.82, 2.24) is 5.32 Å². The molecule has 5 nitrogen and oxygen atoms in total. The number of carbonyl (C=O) groups excluding carboxylic acids is 1. The van der Waals surface area contributed by atoms with Gasteiger partial charge in [0, 0.05) is 6.04 Å². The summed E-state index contributed by atoms with van der Waals surface area (Å²) < 4.78 is 37.6. The number of sulfone groups is 1. The molecule has 0 aliphatic carbocycles. The van der Waals surface area contributed by atoms with Crippen LogP contribution in [-0.4, -0.2) is 25.6 Å². The largest absolute Gasteiger partial charge is 0.398 e. The number of anilines is 1. The SMILES string of the molecule is CCC(C)NC(=O)C(C)S(=O)(=O)c1ccc(F)cc1N. The second-order valence-corrected chi connectivity index (χ2v) is 6.92. The maximum atomic E-state index is 13.0. The lowest BCUT2D eigenvalue weighted by Crippen LogP contribution is -2.42. The van der Waals surface area contributed by atoms with E-state index in [-0.39, 0.29) is 16.6 Å². The Bertz CT molecular complexity index is 602. The fourth-order valence-corrected chi connectivity index (χ4v) is 2.95. The van der Waals surface area contributed by atoms with E-state index in [1.54, 1.807) is 6.92 Å². The Labute approximate surface area is 118 Å². The van der Waals surface area contributed by atoms with Crippen LogP contribution < -0.4 is 11.1 Å². The predicted octanol–water partition coefficient (Wildman–Crippen LogP) is 1.48. The summed E-state index contributed by atoms with van der Waals surface area (Å²) >= 11 is 0. The molecule has 0 fully saturated rings. The summed E-state index contributed by atoms with van der Waals surface area (Å²) in [4.78, 5) is 11.7. The van der Waals surface area contributed by atoms with Gasteiger partial charge in [0.1, 0.15) is 11.1 Å². The van der Waals surface area contributed by atoms with Crippen molar-refractivity contribution >= 4 is 21.4 Å². The number of halogens is 1. The lowest BCUT2D eigenvalue weighted by molar-refractivity contribution is -0.121. The van der Waals surface area contributed by atoms with Crippen molar-refractivity contribution in [2.75, 3.05) is 5.73 Å². The van der Waals surface area contributed by atoms with E-state index in [0.717, 1.165) is 18.2 Å². The zero-order chi connectivity index (χ0) is 15.5.